The molecule has 0 radical (unpaired) electrons. The lowest BCUT2D eigenvalue weighted by Gasteiger charge is -2.02. The minimum absolute atomic E-state index is 0.145. The van der Waals surface area contributed by atoms with Crippen molar-refractivity contribution in [3.63, 3.8) is 0 Å². The number of benzene rings is 1. The van der Waals surface area contributed by atoms with E-state index < -0.39 is 0 Å². The summed E-state index contributed by atoms with van der Waals surface area (Å²) in [6, 6.07) is 3.34. The first kappa shape index (κ1) is 7.99. The molecule has 1 aromatic rings. The third-order valence-electron chi connectivity index (χ3n) is 1.77. The summed E-state index contributed by atoms with van der Waals surface area (Å²) in [6.07, 6.45) is 1.74. The highest BCUT2D eigenvalue weighted by Crippen LogP contribution is 2.15. The summed E-state index contributed by atoms with van der Waals surface area (Å²) < 4.78 is 12.9. The zero-order valence-corrected chi connectivity index (χ0v) is 6.82. The lowest BCUT2D eigenvalue weighted by molar-refractivity contribution is 0.617. The number of hydrogen-bond donors (Lipinski definition) is 0. The lowest BCUT2D eigenvalue weighted by atomic mass is 10.1. The molecule has 0 saturated heterocycles. The largest absolute Gasteiger partial charge is 0.207 e. The Morgan fingerprint density at radius 1 is 1.27 bits per heavy atom. The second-order valence-corrected chi connectivity index (χ2v) is 2.66. The zero-order valence-electron chi connectivity index (χ0n) is 6.82. The highest BCUT2D eigenvalue weighted by molar-refractivity contribution is 5.52. The number of aryl methyl sites for hydroxylation is 2. The van der Waals surface area contributed by atoms with E-state index in [1.54, 1.807) is 19.1 Å². The maximum atomic E-state index is 12.9. The van der Waals surface area contributed by atoms with E-state index in [4.69, 9.17) is 0 Å². The van der Waals surface area contributed by atoms with Gasteiger partial charge in [-0.1, -0.05) is 12.7 Å². The molecule has 1 aromatic carbocycles. The first-order chi connectivity index (χ1) is 5.15. The average Bonchev–Trinajstić information content (AvgIpc) is 1.97. The number of halogens is 1. The predicted molar refractivity (Wildman–Crippen MR) is 46.0 cm³/mol. The molecule has 0 fully saturated rings. The van der Waals surface area contributed by atoms with Gasteiger partial charge in [-0.15, -0.1) is 0 Å². The fraction of sp³-hybridized carbons (Fsp3) is 0.200. The Kier molecular flexibility index (Phi) is 2.08. The molecule has 0 amide bonds. The standard InChI is InChI=1S/C10H11F/c1-4-9-5-8(3)10(11)6-7(9)2/h4-6H,1H2,2-3H3. The second-order valence-electron chi connectivity index (χ2n) is 2.66. The van der Waals surface area contributed by atoms with Crippen LogP contribution >= 0.6 is 0 Å². The Balaban J connectivity index is 3.31. The third-order valence-corrected chi connectivity index (χ3v) is 1.77. The van der Waals surface area contributed by atoms with Gasteiger partial charge < -0.3 is 0 Å². The molecule has 0 heterocycles. The molecule has 11 heavy (non-hydrogen) atoms. The molecule has 0 aliphatic carbocycles. The van der Waals surface area contributed by atoms with E-state index in [-0.39, 0.29) is 5.82 Å². The van der Waals surface area contributed by atoms with E-state index in [2.05, 4.69) is 6.58 Å². The Morgan fingerprint density at radius 2 is 1.91 bits per heavy atom. The van der Waals surface area contributed by atoms with Crippen molar-refractivity contribution in [2.24, 2.45) is 0 Å². The van der Waals surface area contributed by atoms with Crippen LogP contribution in [-0.4, -0.2) is 0 Å². The van der Waals surface area contributed by atoms with Crippen LogP contribution in [0.5, 0.6) is 0 Å². The van der Waals surface area contributed by atoms with Crippen molar-refractivity contribution in [1.82, 2.24) is 0 Å². The predicted octanol–water partition coefficient (Wildman–Crippen LogP) is 3.09. The van der Waals surface area contributed by atoms with Gasteiger partial charge >= 0.3 is 0 Å². The molecule has 0 spiro atoms. The highest BCUT2D eigenvalue weighted by Gasteiger charge is 1.99. The Labute approximate surface area is 66.4 Å². The topological polar surface area (TPSA) is 0 Å². The molecule has 0 atom stereocenters. The third kappa shape index (κ3) is 1.48. The van der Waals surface area contributed by atoms with Crippen LogP contribution in [0.25, 0.3) is 6.08 Å². The highest BCUT2D eigenvalue weighted by atomic mass is 19.1. The minimum Gasteiger partial charge on any atom is -0.207 e. The number of hydrogen-bond acceptors (Lipinski definition) is 0. The molecule has 0 saturated carbocycles. The molecule has 0 N–H and O–H groups in total. The van der Waals surface area contributed by atoms with Crippen LogP contribution in [0, 0.1) is 19.7 Å². The first-order valence-corrected chi connectivity index (χ1v) is 3.54. The van der Waals surface area contributed by atoms with E-state index in [9.17, 15) is 4.39 Å². The van der Waals surface area contributed by atoms with Crippen LogP contribution in [0.15, 0.2) is 18.7 Å². The molecule has 1 heteroatoms. The molecule has 0 bridgehead atoms. The Morgan fingerprint density at radius 3 is 2.45 bits per heavy atom. The first-order valence-electron chi connectivity index (χ1n) is 3.54. The molecule has 0 nitrogen and oxygen atoms in total. The van der Waals surface area contributed by atoms with E-state index in [1.165, 1.54) is 6.07 Å². The smallest absolute Gasteiger partial charge is 0.126 e. The maximum Gasteiger partial charge on any atom is 0.126 e. The Hall–Kier alpha value is -1.11. The van der Waals surface area contributed by atoms with Gasteiger partial charge in [0.05, 0.1) is 0 Å². The summed E-state index contributed by atoms with van der Waals surface area (Å²) >= 11 is 0. The summed E-state index contributed by atoms with van der Waals surface area (Å²) in [4.78, 5) is 0. The van der Waals surface area contributed by atoms with Gasteiger partial charge in [0.25, 0.3) is 0 Å². The zero-order chi connectivity index (χ0) is 8.43. The van der Waals surface area contributed by atoms with Gasteiger partial charge in [0, 0.05) is 0 Å². The van der Waals surface area contributed by atoms with Crippen LogP contribution < -0.4 is 0 Å². The van der Waals surface area contributed by atoms with Gasteiger partial charge in [-0.2, -0.15) is 0 Å². The normalized spacial score (nSPS) is 9.73. The van der Waals surface area contributed by atoms with Crippen molar-refractivity contribution < 1.29 is 4.39 Å². The van der Waals surface area contributed by atoms with Crippen LogP contribution in [0.1, 0.15) is 16.7 Å². The van der Waals surface area contributed by atoms with E-state index in [0.29, 0.717) is 5.56 Å². The Bertz CT molecular complexity index is 287. The molecular formula is C10H11F. The van der Waals surface area contributed by atoms with Gasteiger partial charge in [0.2, 0.25) is 0 Å². The van der Waals surface area contributed by atoms with Gasteiger partial charge in [-0.05, 0) is 42.7 Å². The quantitative estimate of drug-likeness (QED) is 0.577. The van der Waals surface area contributed by atoms with E-state index in [1.807, 2.05) is 6.92 Å². The fourth-order valence-electron chi connectivity index (χ4n) is 1.02. The van der Waals surface area contributed by atoms with Crippen molar-refractivity contribution >= 4 is 6.08 Å². The molecule has 0 aliphatic rings. The minimum atomic E-state index is -0.145. The molecular weight excluding hydrogens is 139 g/mol. The summed E-state index contributed by atoms with van der Waals surface area (Å²) in [7, 11) is 0. The second kappa shape index (κ2) is 2.87. The van der Waals surface area contributed by atoms with Crippen LogP contribution in [-0.2, 0) is 0 Å². The fourth-order valence-corrected chi connectivity index (χ4v) is 1.02. The molecule has 0 aliphatic heterocycles. The van der Waals surface area contributed by atoms with Gasteiger partial charge in [-0.3, -0.25) is 0 Å². The molecule has 1 rings (SSSR count). The summed E-state index contributed by atoms with van der Waals surface area (Å²) in [5.41, 5.74) is 2.61. The van der Waals surface area contributed by atoms with Crippen molar-refractivity contribution in [3.05, 3.63) is 41.2 Å². The molecule has 0 unspecified atom stereocenters. The van der Waals surface area contributed by atoms with Gasteiger partial charge in [-0.25, -0.2) is 4.39 Å². The van der Waals surface area contributed by atoms with Crippen LogP contribution in [0.2, 0.25) is 0 Å². The summed E-state index contributed by atoms with van der Waals surface area (Å²) in [5.74, 6) is -0.145. The summed E-state index contributed by atoms with van der Waals surface area (Å²) in [6.45, 7) is 7.27. The SMILES string of the molecule is C=Cc1cc(C)c(F)cc1C. The monoisotopic (exact) mass is 150 g/mol. The van der Waals surface area contributed by atoms with E-state index >= 15 is 0 Å². The van der Waals surface area contributed by atoms with Crippen molar-refractivity contribution in [2.45, 2.75) is 13.8 Å². The van der Waals surface area contributed by atoms with Crippen molar-refractivity contribution in [2.75, 3.05) is 0 Å². The summed E-state index contributed by atoms with van der Waals surface area (Å²) in [5, 5.41) is 0. The van der Waals surface area contributed by atoms with E-state index in [0.717, 1.165) is 11.1 Å². The van der Waals surface area contributed by atoms with Crippen molar-refractivity contribution in [3.8, 4) is 0 Å². The van der Waals surface area contributed by atoms with Crippen LogP contribution in [0.3, 0.4) is 0 Å². The lowest BCUT2D eigenvalue weighted by Crippen LogP contribution is -1.87. The van der Waals surface area contributed by atoms with Crippen molar-refractivity contribution in [1.29, 1.82) is 0 Å². The van der Waals surface area contributed by atoms with Gasteiger partial charge in [0.15, 0.2) is 0 Å². The average molecular weight is 150 g/mol. The maximum absolute atomic E-state index is 12.9. The molecule has 0 aromatic heterocycles. The van der Waals surface area contributed by atoms with Crippen LogP contribution in [0.4, 0.5) is 4.39 Å². The number of rotatable bonds is 1. The van der Waals surface area contributed by atoms with Gasteiger partial charge in [0.1, 0.15) is 5.82 Å². The molecule has 58 valence electrons.